The zero-order valence-electron chi connectivity index (χ0n) is 13.9. The van der Waals surface area contributed by atoms with Crippen molar-refractivity contribution >= 4 is 23.6 Å². The van der Waals surface area contributed by atoms with E-state index < -0.39 is 23.1 Å². The summed E-state index contributed by atoms with van der Waals surface area (Å²) in [6.07, 6.45) is 0. The lowest BCUT2D eigenvalue weighted by molar-refractivity contribution is -0.137. The first-order chi connectivity index (χ1) is 11.3. The zero-order chi connectivity index (χ0) is 17.9. The predicted molar refractivity (Wildman–Crippen MR) is 89.4 cm³/mol. The molecule has 0 saturated carbocycles. The van der Waals surface area contributed by atoms with Gasteiger partial charge in [-0.2, -0.15) is 0 Å². The number of hydrogen-bond donors (Lipinski definition) is 1. The molecule has 2 rings (SSSR count). The maximum atomic E-state index is 14.1. The Bertz CT molecular complexity index is 627. The number of rotatable bonds is 6. The fraction of sp³-hybridized carbons (Fsp3) is 0.500. The third-order valence-corrected chi connectivity index (χ3v) is 5.00. The second kappa shape index (κ2) is 7.94. The van der Waals surface area contributed by atoms with Gasteiger partial charge in [-0.1, -0.05) is 6.07 Å². The van der Waals surface area contributed by atoms with Crippen LogP contribution in [0, 0.1) is 11.6 Å². The molecule has 2 amide bonds. The molecule has 0 aromatic heterocycles. The first-order valence-electron chi connectivity index (χ1n) is 7.61. The molecule has 1 N–H and O–H groups in total. The summed E-state index contributed by atoms with van der Waals surface area (Å²) in [5, 5.41) is 2.14. The molecule has 1 aliphatic heterocycles. The molecule has 0 spiro atoms. The third-order valence-electron chi connectivity index (χ3n) is 3.79. The van der Waals surface area contributed by atoms with E-state index in [1.165, 1.54) is 22.7 Å². The lowest BCUT2D eigenvalue weighted by Crippen LogP contribution is -2.48. The van der Waals surface area contributed by atoms with Crippen molar-refractivity contribution in [3.8, 4) is 0 Å². The number of amides is 2. The number of nitrogens with zero attached hydrogens (tertiary/aromatic N) is 2. The largest absolute Gasteiger partial charge is 0.353 e. The number of carbonyl (C=O) groups is 2. The SMILES string of the molecule is C[C@@H](C(=O)NCCN(C)C)N1C(=O)CS[C@H]1c1ccc(F)cc1F. The summed E-state index contributed by atoms with van der Waals surface area (Å²) in [6.45, 7) is 2.75. The highest BCUT2D eigenvalue weighted by Gasteiger charge is 2.39. The molecule has 1 fully saturated rings. The summed E-state index contributed by atoms with van der Waals surface area (Å²) in [6, 6.07) is 2.54. The van der Waals surface area contributed by atoms with Gasteiger partial charge in [-0.25, -0.2) is 8.78 Å². The summed E-state index contributed by atoms with van der Waals surface area (Å²) in [5.41, 5.74) is 0.209. The predicted octanol–water partition coefficient (Wildman–Crippen LogP) is 1.61. The van der Waals surface area contributed by atoms with Crippen LogP contribution in [0.3, 0.4) is 0 Å². The molecule has 24 heavy (non-hydrogen) atoms. The molecule has 1 heterocycles. The van der Waals surface area contributed by atoms with Crippen molar-refractivity contribution in [3.63, 3.8) is 0 Å². The summed E-state index contributed by atoms with van der Waals surface area (Å²) < 4.78 is 27.2. The summed E-state index contributed by atoms with van der Waals surface area (Å²) in [5.74, 6) is -1.75. The van der Waals surface area contributed by atoms with Crippen molar-refractivity contribution in [2.45, 2.75) is 18.3 Å². The van der Waals surface area contributed by atoms with E-state index in [2.05, 4.69) is 5.32 Å². The minimum absolute atomic E-state index is 0.163. The molecular weight excluding hydrogens is 336 g/mol. The molecule has 8 heteroatoms. The number of likely N-dealkylation sites (N-methyl/N-ethyl adjacent to an activating group) is 1. The van der Waals surface area contributed by atoms with E-state index in [-0.39, 0.29) is 23.1 Å². The van der Waals surface area contributed by atoms with Crippen LogP contribution in [-0.2, 0) is 9.59 Å². The molecule has 0 bridgehead atoms. The Morgan fingerprint density at radius 2 is 2.17 bits per heavy atom. The van der Waals surface area contributed by atoms with Gasteiger partial charge in [0.25, 0.3) is 0 Å². The zero-order valence-corrected chi connectivity index (χ0v) is 14.7. The Labute approximate surface area is 144 Å². The van der Waals surface area contributed by atoms with Crippen LogP contribution in [0.15, 0.2) is 18.2 Å². The number of thioether (sulfide) groups is 1. The number of nitrogens with one attached hydrogen (secondary N) is 1. The third kappa shape index (κ3) is 4.24. The molecule has 1 aromatic rings. The number of benzene rings is 1. The lowest BCUT2D eigenvalue weighted by atomic mass is 10.1. The van der Waals surface area contributed by atoms with Crippen molar-refractivity contribution in [1.82, 2.24) is 15.1 Å². The van der Waals surface area contributed by atoms with Gasteiger partial charge in [-0.3, -0.25) is 9.59 Å². The van der Waals surface area contributed by atoms with Crippen molar-refractivity contribution in [1.29, 1.82) is 0 Å². The average molecular weight is 357 g/mol. The summed E-state index contributed by atoms with van der Waals surface area (Å²) in [4.78, 5) is 27.8. The van der Waals surface area contributed by atoms with E-state index in [0.29, 0.717) is 13.1 Å². The molecule has 0 radical (unpaired) electrons. The standard InChI is InChI=1S/C16H21F2N3O2S/c1-10(15(23)19-6-7-20(2)3)21-14(22)9-24-16(21)12-5-4-11(17)8-13(12)18/h4-5,8,10,16H,6-7,9H2,1-3H3,(H,19,23)/t10-,16-/m0/s1. The first kappa shape index (κ1) is 18.7. The topological polar surface area (TPSA) is 52.7 Å². The van der Waals surface area contributed by atoms with Gasteiger partial charge in [0.05, 0.1) is 5.75 Å². The highest BCUT2D eigenvalue weighted by Crippen LogP contribution is 2.41. The van der Waals surface area contributed by atoms with E-state index in [1.54, 1.807) is 6.92 Å². The van der Waals surface area contributed by atoms with Crippen LogP contribution in [0.25, 0.3) is 0 Å². The van der Waals surface area contributed by atoms with E-state index in [4.69, 9.17) is 0 Å². The molecule has 1 aromatic carbocycles. The minimum Gasteiger partial charge on any atom is -0.353 e. The molecule has 5 nitrogen and oxygen atoms in total. The van der Waals surface area contributed by atoms with Gasteiger partial charge in [-0.15, -0.1) is 11.8 Å². The van der Waals surface area contributed by atoms with Crippen molar-refractivity contribution < 1.29 is 18.4 Å². The Kier molecular flexibility index (Phi) is 6.17. The van der Waals surface area contributed by atoms with Crippen LogP contribution < -0.4 is 5.32 Å². The van der Waals surface area contributed by atoms with Crippen molar-refractivity contribution in [2.24, 2.45) is 0 Å². The van der Waals surface area contributed by atoms with Crippen LogP contribution in [-0.4, -0.2) is 60.6 Å². The molecule has 132 valence electrons. The quantitative estimate of drug-likeness (QED) is 0.840. The van der Waals surface area contributed by atoms with Gasteiger partial charge in [0.15, 0.2) is 0 Å². The molecule has 1 saturated heterocycles. The second-order valence-electron chi connectivity index (χ2n) is 5.90. The maximum Gasteiger partial charge on any atom is 0.242 e. The van der Waals surface area contributed by atoms with Crippen LogP contribution in [0.1, 0.15) is 17.9 Å². The Morgan fingerprint density at radius 3 is 2.79 bits per heavy atom. The van der Waals surface area contributed by atoms with E-state index in [9.17, 15) is 18.4 Å². The monoisotopic (exact) mass is 357 g/mol. The molecular formula is C16H21F2N3O2S. The van der Waals surface area contributed by atoms with Crippen molar-refractivity contribution in [2.75, 3.05) is 32.9 Å². The van der Waals surface area contributed by atoms with Gasteiger partial charge >= 0.3 is 0 Å². The molecule has 1 aliphatic rings. The molecule has 0 unspecified atom stereocenters. The highest BCUT2D eigenvalue weighted by molar-refractivity contribution is 8.00. The number of carbonyl (C=O) groups excluding carboxylic acids is 2. The maximum absolute atomic E-state index is 14.1. The van der Waals surface area contributed by atoms with Crippen LogP contribution in [0.4, 0.5) is 8.78 Å². The second-order valence-corrected chi connectivity index (χ2v) is 6.97. The fourth-order valence-electron chi connectivity index (χ4n) is 2.47. The van der Waals surface area contributed by atoms with E-state index in [1.807, 2.05) is 19.0 Å². The molecule has 0 aliphatic carbocycles. The summed E-state index contributed by atoms with van der Waals surface area (Å²) >= 11 is 1.23. The van der Waals surface area contributed by atoms with Gasteiger partial charge < -0.3 is 15.1 Å². The van der Waals surface area contributed by atoms with Gasteiger partial charge in [-0.05, 0) is 27.1 Å². The Hall–Kier alpha value is -1.67. The van der Waals surface area contributed by atoms with Gasteiger partial charge in [0, 0.05) is 24.7 Å². The smallest absolute Gasteiger partial charge is 0.242 e. The number of hydrogen-bond acceptors (Lipinski definition) is 4. The van der Waals surface area contributed by atoms with Crippen LogP contribution in [0.5, 0.6) is 0 Å². The van der Waals surface area contributed by atoms with Gasteiger partial charge in [0.1, 0.15) is 23.1 Å². The Balaban J connectivity index is 2.13. The number of halogens is 2. The van der Waals surface area contributed by atoms with E-state index in [0.717, 1.165) is 12.1 Å². The van der Waals surface area contributed by atoms with Crippen LogP contribution in [0.2, 0.25) is 0 Å². The van der Waals surface area contributed by atoms with E-state index >= 15 is 0 Å². The summed E-state index contributed by atoms with van der Waals surface area (Å²) in [7, 11) is 3.78. The van der Waals surface area contributed by atoms with Crippen molar-refractivity contribution in [3.05, 3.63) is 35.4 Å². The lowest BCUT2D eigenvalue weighted by Gasteiger charge is -2.30. The fourth-order valence-corrected chi connectivity index (χ4v) is 3.75. The average Bonchev–Trinajstić information content (AvgIpc) is 2.87. The highest BCUT2D eigenvalue weighted by atomic mass is 32.2. The Morgan fingerprint density at radius 1 is 1.46 bits per heavy atom. The normalized spacial score (nSPS) is 19.0. The van der Waals surface area contributed by atoms with Gasteiger partial charge in [0.2, 0.25) is 11.8 Å². The van der Waals surface area contributed by atoms with Crippen LogP contribution >= 0.6 is 11.8 Å². The first-order valence-corrected chi connectivity index (χ1v) is 8.66. The molecule has 2 atom stereocenters. The minimum atomic E-state index is -0.732.